The average Bonchev–Trinajstić information content (AvgIpc) is 2.71. The molecule has 1 amide bonds. The molecule has 0 aromatic rings. The van der Waals surface area contributed by atoms with E-state index in [0.29, 0.717) is 23.9 Å². The SMILES string of the molecule is CC1CC(N)CCN1C(=O)C1C2CCCC21. The normalized spacial score (nSPS) is 46.6. The maximum atomic E-state index is 12.4. The molecule has 2 aliphatic carbocycles. The van der Waals surface area contributed by atoms with E-state index < -0.39 is 0 Å². The first-order valence-corrected chi connectivity index (χ1v) is 6.74. The molecule has 90 valence electrons. The van der Waals surface area contributed by atoms with E-state index in [2.05, 4.69) is 11.8 Å². The summed E-state index contributed by atoms with van der Waals surface area (Å²) in [6.07, 6.45) is 5.90. The minimum atomic E-state index is 0.303. The average molecular weight is 222 g/mol. The van der Waals surface area contributed by atoms with Crippen LogP contribution in [0.3, 0.4) is 0 Å². The van der Waals surface area contributed by atoms with Gasteiger partial charge in [-0.3, -0.25) is 4.79 Å². The van der Waals surface area contributed by atoms with Gasteiger partial charge in [-0.2, -0.15) is 0 Å². The van der Waals surface area contributed by atoms with Gasteiger partial charge in [0.1, 0.15) is 0 Å². The van der Waals surface area contributed by atoms with Crippen molar-refractivity contribution in [2.45, 2.75) is 51.1 Å². The summed E-state index contributed by atoms with van der Waals surface area (Å²) >= 11 is 0. The van der Waals surface area contributed by atoms with Gasteiger partial charge in [0.25, 0.3) is 0 Å². The molecule has 3 rings (SSSR count). The van der Waals surface area contributed by atoms with Crippen molar-refractivity contribution < 1.29 is 4.79 Å². The van der Waals surface area contributed by atoms with E-state index in [4.69, 9.17) is 5.73 Å². The topological polar surface area (TPSA) is 46.3 Å². The highest BCUT2D eigenvalue weighted by atomic mass is 16.2. The molecule has 3 fully saturated rings. The van der Waals surface area contributed by atoms with Crippen LogP contribution in [0.4, 0.5) is 0 Å². The Hall–Kier alpha value is -0.570. The summed E-state index contributed by atoms with van der Waals surface area (Å²) in [5, 5.41) is 0. The largest absolute Gasteiger partial charge is 0.340 e. The van der Waals surface area contributed by atoms with Crippen LogP contribution in [0.5, 0.6) is 0 Å². The minimum absolute atomic E-state index is 0.303. The fraction of sp³-hybridized carbons (Fsp3) is 0.923. The molecule has 0 aromatic heterocycles. The summed E-state index contributed by atoms with van der Waals surface area (Å²) in [6.45, 7) is 3.03. The number of nitrogens with two attached hydrogens (primary N) is 1. The zero-order valence-corrected chi connectivity index (χ0v) is 10.1. The van der Waals surface area contributed by atoms with Crippen molar-refractivity contribution in [2.75, 3.05) is 6.54 Å². The Labute approximate surface area is 97.4 Å². The third kappa shape index (κ3) is 1.56. The van der Waals surface area contributed by atoms with Gasteiger partial charge in [0.05, 0.1) is 0 Å². The molecule has 1 aliphatic heterocycles. The lowest BCUT2D eigenvalue weighted by atomic mass is 9.98. The van der Waals surface area contributed by atoms with E-state index in [0.717, 1.165) is 31.2 Å². The molecule has 2 saturated carbocycles. The lowest BCUT2D eigenvalue weighted by molar-refractivity contribution is -0.136. The van der Waals surface area contributed by atoms with Crippen molar-refractivity contribution in [1.82, 2.24) is 4.90 Å². The van der Waals surface area contributed by atoms with Crippen LogP contribution >= 0.6 is 0 Å². The van der Waals surface area contributed by atoms with Gasteiger partial charge in [-0.1, -0.05) is 6.42 Å². The summed E-state index contributed by atoms with van der Waals surface area (Å²) in [5.74, 6) is 2.32. The first-order chi connectivity index (χ1) is 7.68. The lowest BCUT2D eigenvalue weighted by Gasteiger charge is -2.37. The monoisotopic (exact) mass is 222 g/mol. The maximum absolute atomic E-state index is 12.4. The molecule has 3 aliphatic rings. The Bertz CT molecular complexity index is 294. The smallest absolute Gasteiger partial charge is 0.226 e. The highest BCUT2D eigenvalue weighted by molar-refractivity contribution is 5.83. The Morgan fingerprint density at radius 1 is 1.25 bits per heavy atom. The Balaban J connectivity index is 1.63. The van der Waals surface area contributed by atoms with Gasteiger partial charge >= 0.3 is 0 Å². The number of hydrogen-bond acceptors (Lipinski definition) is 2. The second-order valence-corrected chi connectivity index (χ2v) is 5.95. The van der Waals surface area contributed by atoms with E-state index in [1.165, 1.54) is 19.3 Å². The van der Waals surface area contributed by atoms with Crippen molar-refractivity contribution in [3.63, 3.8) is 0 Å². The fourth-order valence-corrected chi connectivity index (χ4v) is 3.92. The van der Waals surface area contributed by atoms with E-state index in [1.54, 1.807) is 0 Å². The summed E-state index contributed by atoms with van der Waals surface area (Å²) in [5.41, 5.74) is 5.93. The molecule has 4 unspecified atom stereocenters. The number of rotatable bonds is 1. The first kappa shape index (κ1) is 10.6. The summed E-state index contributed by atoms with van der Waals surface area (Å²) in [7, 11) is 0. The van der Waals surface area contributed by atoms with Gasteiger partial charge in [0, 0.05) is 24.5 Å². The van der Waals surface area contributed by atoms with Gasteiger partial charge in [-0.15, -0.1) is 0 Å². The van der Waals surface area contributed by atoms with Crippen molar-refractivity contribution in [2.24, 2.45) is 23.5 Å². The van der Waals surface area contributed by atoms with Crippen LogP contribution in [0.2, 0.25) is 0 Å². The summed E-state index contributed by atoms with van der Waals surface area (Å²) in [6, 6.07) is 0.662. The molecule has 3 heteroatoms. The maximum Gasteiger partial charge on any atom is 0.226 e. The zero-order valence-electron chi connectivity index (χ0n) is 10.1. The molecule has 0 spiro atoms. The number of piperidine rings is 1. The number of hydrogen-bond donors (Lipinski definition) is 1. The lowest BCUT2D eigenvalue weighted by Crippen LogP contribution is -2.49. The van der Waals surface area contributed by atoms with Crippen molar-refractivity contribution in [3.05, 3.63) is 0 Å². The molecule has 0 bridgehead atoms. The molecule has 2 N–H and O–H groups in total. The quantitative estimate of drug-likeness (QED) is 0.728. The predicted molar refractivity (Wildman–Crippen MR) is 62.7 cm³/mol. The minimum Gasteiger partial charge on any atom is -0.340 e. The van der Waals surface area contributed by atoms with Crippen molar-refractivity contribution in [1.29, 1.82) is 0 Å². The number of fused-ring (bicyclic) bond motifs is 1. The van der Waals surface area contributed by atoms with Crippen LogP contribution in [-0.4, -0.2) is 29.4 Å². The third-order valence-electron chi connectivity index (χ3n) is 4.89. The Morgan fingerprint density at radius 3 is 2.56 bits per heavy atom. The number of nitrogens with zero attached hydrogens (tertiary/aromatic N) is 1. The molecule has 16 heavy (non-hydrogen) atoms. The predicted octanol–water partition coefficient (Wildman–Crippen LogP) is 1.37. The first-order valence-electron chi connectivity index (χ1n) is 6.74. The third-order valence-corrected chi connectivity index (χ3v) is 4.89. The van der Waals surface area contributed by atoms with Crippen LogP contribution in [0.15, 0.2) is 0 Å². The molecule has 0 radical (unpaired) electrons. The van der Waals surface area contributed by atoms with Gasteiger partial charge in [-0.05, 0) is 44.4 Å². The summed E-state index contributed by atoms with van der Waals surface area (Å²) < 4.78 is 0. The van der Waals surface area contributed by atoms with Gasteiger partial charge in [0.2, 0.25) is 5.91 Å². The van der Waals surface area contributed by atoms with E-state index in [9.17, 15) is 4.79 Å². The second-order valence-electron chi connectivity index (χ2n) is 5.95. The molecular weight excluding hydrogens is 200 g/mol. The standard InChI is InChI=1S/C13H22N2O/c1-8-7-9(14)5-6-15(8)13(16)12-10-3-2-4-11(10)12/h8-12H,2-7,14H2,1H3. The number of carbonyl (C=O) groups excluding carboxylic acids is 1. The number of carbonyl (C=O) groups is 1. The van der Waals surface area contributed by atoms with Crippen molar-refractivity contribution in [3.8, 4) is 0 Å². The van der Waals surface area contributed by atoms with Crippen LogP contribution in [0, 0.1) is 17.8 Å². The van der Waals surface area contributed by atoms with Gasteiger partial charge < -0.3 is 10.6 Å². The molecule has 3 nitrogen and oxygen atoms in total. The van der Waals surface area contributed by atoms with Crippen LogP contribution in [0.1, 0.15) is 39.0 Å². The van der Waals surface area contributed by atoms with Crippen molar-refractivity contribution >= 4 is 5.91 Å². The fourth-order valence-electron chi connectivity index (χ4n) is 3.92. The van der Waals surface area contributed by atoms with Crippen LogP contribution in [0.25, 0.3) is 0 Å². The Morgan fingerprint density at radius 2 is 1.94 bits per heavy atom. The van der Waals surface area contributed by atoms with Gasteiger partial charge in [0.15, 0.2) is 0 Å². The van der Waals surface area contributed by atoms with Crippen LogP contribution in [-0.2, 0) is 4.79 Å². The molecular formula is C13H22N2O. The highest BCUT2D eigenvalue weighted by Crippen LogP contribution is 2.58. The van der Waals surface area contributed by atoms with E-state index >= 15 is 0 Å². The molecule has 1 heterocycles. The number of likely N-dealkylation sites (tertiary alicyclic amines) is 1. The second kappa shape index (κ2) is 3.73. The highest BCUT2D eigenvalue weighted by Gasteiger charge is 2.57. The molecule has 4 atom stereocenters. The van der Waals surface area contributed by atoms with E-state index in [-0.39, 0.29) is 0 Å². The number of amides is 1. The van der Waals surface area contributed by atoms with Crippen LogP contribution < -0.4 is 5.73 Å². The van der Waals surface area contributed by atoms with E-state index in [1.807, 2.05) is 0 Å². The zero-order chi connectivity index (χ0) is 11.3. The molecule has 0 aromatic carbocycles. The van der Waals surface area contributed by atoms with Gasteiger partial charge in [-0.25, -0.2) is 0 Å². The summed E-state index contributed by atoms with van der Waals surface area (Å²) in [4.78, 5) is 14.5. The molecule has 1 saturated heterocycles. The Kier molecular flexibility index (Phi) is 2.46.